The second kappa shape index (κ2) is 7.08. The van der Waals surface area contributed by atoms with Gasteiger partial charge in [0.15, 0.2) is 0 Å². The van der Waals surface area contributed by atoms with Crippen LogP contribution < -0.4 is 15.1 Å². The zero-order valence-corrected chi connectivity index (χ0v) is 15.2. The number of piperidine rings is 1. The van der Waals surface area contributed by atoms with Gasteiger partial charge in [-0.2, -0.15) is 10.1 Å². The lowest BCUT2D eigenvalue weighted by atomic mass is 10.1. The van der Waals surface area contributed by atoms with Crippen LogP contribution in [0.25, 0.3) is 0 Å². The number of hydrogen-bond acceptors (Lipinski definition) is 6. The van der Waals surface area contributed by atoms with Gasteiger partial charge in [-0.1, -0.05) is 0 Å². The summed E-state index contributed by atoms with van der Waals surface area (Å²) in [7, 11) is 5.71. The topological polar surface area (TPSA) is 79.2 Å². The first kappa shape index (κ1) is 17.2. The van der Waals surface area contributed by atoms with Crippen LogP contribution in [0.5, 0.6) is 0 Å². The van der Waals surface area contributed by atoms with Crippen molar-refractivity contribution < 1.29 is 4.79 Å². The minimum Gasteiger partial charge on any atom is -0.363 e. The molecule has 3 rings (SSSR count). The van der Waals surface area contributed by atoms with E-state index in [-0.39, 0.29) is 11.9 Å². The summed E-state index contributed by atoms with van der Waals surface area (Å²) < 4.78 is 1.62. The summed E-state index contributed by atoms with van der Waals surface area (Å²) in [6.45, 7) is 3.49. The third-order valence-corrected chi connectivity index (χ3v) is 4.36. The van der Waals surface area contributed by atoms with E-state index in [0.29, 0.717) is 18.2 Å². The highest BCUT2D eigenvalue weighted by Gasteiger charge is 2.24. The Morgan fingerprint density at radius 2 is 2.20 bits per heavy atom. The van der Waals surface area contributed by atoms with E-state index in [1.165, 1.54) is 0 Å². The van der Waals surface area contributed by atoms with Crippen molar-refractivity contribution in [1.29, 1.82) is 0 Å². The van der Waals surface area contributed by atoms with Gasteiger partial charge in [-0.25, -0.2) is 4.98 Å². The molecule has 1 aliphatic rings. The maximum absolute atomic E-state index is 12.5. The van der Waals surface area contributed by atoms with Gasteiger partial charge >= 0.3 is 0 Å². The van der Waals surface area contributed by atoms with Crippen molar-refractivity contribution in [2.45, 2.75) is 25.8 Å². The van der Waals surface area contributed by atoms with E-state index in [1.54, 1.807) is 24.0 Å². The van der Waals surface area contributed by atoms with Gasteiger partial charge < -0.3 is 15.1 Å². The fraction of sp³-hybridized carbons (Fsp3) is 0.529. The molecule has 25 heavy (non-hydrogen) atoms. The maximum atomic E-state index is 12.5. The molecular formula is C17H25N7O. The Morgan fingerprint density at radius 3 is 2.88 bits per heavy atom. The Bertz CT molecular complexity index is 755. The summed E-state index contributed by atoms with van der Waals surface area (Å²) in [6.07, 6.45) is 3.72. The molecule has 1 fully saturated rings. The van der Waals surface area contributed by atoms with Crippen LogP contribution in [0.3, 0.4) is 0 Å². The van der Waals surface area contributed by atoms with Crippen LogP contribution in [0.2, 0.25) is 0 Å². The van der Waals surface area contributed by atoms with E-state index in [0.717, 1.165) is 30.9 Å². The molecule has 134 valence electrons. The molecule has 0 spiro atoms. The second-order valence-electron chi connectivity index (χ2n) is 6.66. The number of carbonyl (C=O) groups is 1. The second-order valence-corrected chi connectivity index (χ2v) is 6.66. The first-order valence-corrected chi connectivity index (χ1v) is 8.51. The lowest BCUT2D eigenvalue weighted by molar-refractivity contribution is 0.0923. The standard InChI is InChI=1S/C17H25N7O/c1-12-10-14(23(4)21-12)16(25)19-13-6-5-9-24(11-13)17-18-8-7-15(20-17)22(2)3/h7-8,10,13H,5-6,9,11H2,1-4H3,(H,19,25). The Hall–Kier alpha value is -2.64. The Morgan fingerprint density at radius 1 is 1.40 bits per heavy atom. The molecule has 0 aliphatic carbocycles. The van der Waals surface area contributed by atoms with Gasteiger partial charge in [0.05, 0.1) is 5.69 Å². The van der Waals surface area contributed by atoms with Crippen LogP contribution in [-0.2, 0) is 7.05 Å². The SMILES string of the molecule is Cc1cc(C(=O)NC2CCCN(c3nccc(N(C)C)n3)C2)n(C)n1. The quantitative estimate of drug-likeness (QED) is 0.892. The molecule has 1 aliphatic heterocycles. The third kappa shape index (κ3) is 3.89. The number of anilines is 2. The predicted octanol–water partition coefficient (Wildman–Crippen LogP) is 0.983. The molecule has 0 radical (unpaired) electrons. The molecular weight excluding hydrogens is 318 g/mol. The Labute approximate surface area is 147 Å². The highest BCUT2D eigenvalue weighted by molar-refractivity contribution is 5.92. The maximum Gasteiger partial charge on any atom is 0.269 e. The summed E-state index contributed by atoms with van der Waals surface area (Å²) >= 11 is 0. The van der Waals surface area contributed by atoms with E-state index in [4.69, 9.17) is 0 Å². The van der Waals surface area contributed by atoms with Crippen molar-refractivity contribution >= 4 is 17.7 Å². The average molecular weight is 343 g/mol. The molecule has 1 N–H and O–H groups in total. The molecule has 0 saturated carbocycles. The highest BCUT2D eigenvalue weighted by atomic mass is 16.2. The van der Waals surface area contributed by atoms with Crippen molar-refractivity contribution in [3.8, 4) is 0 Å². The van der Waals surface area contributed by atoms with Crippen LogP contribution in [0.4, 0.5) is 11.8 Å². The van der Waals surface area contributed by atoms with Crippen LogP contribution in [0.15, 0.2) is 18.3 Å². The van der Waals surface area contributed by atoms with Crippen molar-refractivity contribution in [3.63, 3.8) is 0 Å². The number of aromatic nitrogens is 4. The summed E-state index contributed by atoms with van der Waals surface area (Å²) in [5, 5.41) is 7.35. The average Bonchev–Trinajstić information content (AvgIpc) is 2.94. The summed E-state index contributed by atoms with van der Waals surface area (Å²) in [4.78, 5) is 25.6. The molecule has 1 amide bonds. The molecule has 3 heterocycles. The van der Waals surface area contributed by atoms with Crippen molar-refractivity contribution in [2.75, 3.05) is 37.0 Å². The number of rotatable bonds is 4. The molecule has 1 saturated heterocycles. The highest BCUT2D eigenvalue weighted by Crippen LogP contribution is 2.18. The van der Waals surface area contributed by atoms with E-state index in [9.17, 15) is 4.79 Å². The van der Waals surface area contributed by atoms with Crippen molar-refractivity contribution in [1.82, 2.24) is 25.1 Å². The van der Waals surface area contributed by atoms with Gasteiger partial charge in [-0.3, -0.25) is 9.48 Å². The van der Waals surface area contributed by atoms with Crippen LogP contribution in [-0.4, -0.2) is 58.9 Å². The third-order valence-electron chi connectivity index (χ3n) is 4.36. The lowest BCUT2D eigenvalue weighted by Crippen LogP contribution is -2.48. The summed E-state index contributed by atoms with van der Waals surface area (Å²) in [5.41, 5.74) is 1.42. The number of amides is 1. The van der Waals surface area contributed by atoms with E-state index in [1.807, 2.05) is 32.0 Å². The molecule has 0 bridgehead atoms. The molecule has 8 nitrogen and oxygen atoms in total. The predicted molar refractivity (Wildman–Crippen MR) is 97.0 cm³/mol. The minimum absolute atomic E-state index is 0.0723. The zero-order chi connectivity index (χ0) is 18.0. The minimum atomic E-state index is -0.0853. The smallest absolute Gasteiger partial charge is 0.269 e. The van der Waals surface area contributed by atoms with Gasteiger partial charge in [-0.15, -0.1) is 0 Å². The molecule has 8 heteroatoms. The van der Waals surface area contributed by atoms with E-state index >= 15 is 0 Å². The van der Waals surface area contributed by atoms with Gasteiger partial charge in [0.1, 0.15) is 11.5 Å². The number of carbonyl (C=O) groups excluding carboxylic acids is 1. The van der Waals surface area contributed by atoms with Gasteiger partial charge in [-0.05, 0) is 31.9 Å². The molecule has 0 aromatic carbocycles. The first-order valence-electron chi connectivity index (χ1n) is 8.51. The van der Waals surface area contributed by atoms with Gasteiger partial charge in [0, 0.05) is 46.5 Å². The van der Waals surface area contributed by atoms with Crippen LogP contribution in [0, 0.1) is 6.92 Å². The monoisotopic (exact) mass is 343 g/mol. The van der Waals surface area contributed by atoms with Crippen LogP contribution >= 0.6 is 0 Å². The van der Waals surface area contributed by atoms with Gasteiger partial charge in [0.25, 0.3) is 5.91 Å². The largest absolute Gasteiger partial charge is 0.363 e. The zero-order valence-electron chi connectivity index (χ0n) is 15.2. The number of hydrogen-bond donors (Lipinski definition) is 1. The van der Waals surface area contributed by atoms with Crippen LogP contribution in [0.1, 0.15) is 29.0 Å². The molecule has 2 aromatic heterocycles. The number of nitrogens with one attached hydrogen (secondary N) is 1. The number of aryl methyl sites for hydroxylation is 2. The van der Waals surface area contributed by atoms with Crippen molar-refractivity contribution in [2.24, 2.45) is 7.05 Å². The molecule has 2 aromatic rings. The Balaban J connectivity index is 1.68. The fourth-order valence-corrected chi connectivity index (χ4v) is 3.10. The molecule has 1 unspecified atom stereocenters. The van der Waals surface area contributed by atoms with E-state index in [2.05, 4.69) is 25.3 Å². The van der Waals surface area contributed by atoms with Gasteiger partial charge in [0.2, 0.25) is 5.95 Å². The van der Waals surface area contributed by atoms with E-state index < -0.39 is 0 Å². The lowest BCUT2D eigenvalue weighted by Gasteiger charge is -2.33. The first-order chi connectivity index (χ1) is 11.9. The Kier molecular flexibility index (Phi) is 4.87. The normalized spacial score (nSPS) is 17.4. The summed E-state index contributed by atoms with van der Waals surface area (Å²) in [6, 6.07) is 3.76. The molecule has 1 atom stereocenters. The summed E-state index contributed by atoms with van der Waals surface area (Å²) in [5.74, 6) is 1.50. The number of nitrogens with zero attached hydrogens (tertiary/aromatic N) is 6. The van der Waals surface area contributed by atoms with Crippen molar-refractivity contribution in [3.05, 3.63) is 29.7 Å². The fourth-order valence-electron chi connectivity index (χ4n) is 3.10.